The van der Waals surface area contributed by atoms with Crippen LogP contribution < -0.4 is 4.74 Å². The predicted octanol–water partition coefficient (Wildman–Crippen LogP) is 5.23. The molecule has 0 saturated heterocycles. The molecule has 0 atom stereocenters. The second-order valence-electron chi connectivity index (χ2n) is 3.89. The first kappa shape index (κ1) is 16.0. The number of hydrogen-bond donors (Lipinski definition) is 0. The van der Waals surface area contributed by atoms with Gasteiger partial charge < -0.3 is 4.74 Å². The fourth-order valence-electron chi connectivity index (χ4n) is 1.67. The fourth-order valence-corrected chi connectivity index (χ4v) is 1.67. The van der Waals surface area contributed by atoms with Crippen LogP contribution in [0.3, 0.4) is 0 Å². The second-order valence-corrected chi connectivity index (χ2v) is 3.89. The molecule has 98 valence electrons. The van der Waals surface area contributed by atoms with E-state index in [4.69, 9.17) is 4.74 Å². The van der Waals surface area contributed by atoms with Crippen molar-refractivity contribution in [2.24, 2.45) is 0 Å². The van der Waals surface area contributed by atoms with Crippen molar-refractivity contribution in [3.8, 4) is 5.75 Å². The van der Waals surface area contributed by atoms with Crippen LogP contribution in [0, 0.1) is 0 Å². The van der Waals surface area contributed by atoms with Gasteiger partial charge in [0, 0.05) is 0 Å². The Morgan fingerprint density at radius 2 is 1.53 bits per heavy atom. The van der Waals surface area contributed by atoms with Gasteiger partial charge in [0.2, 0.25) is 0 Å². The molecular weight excluding hydrogens is 208 g/mol. The van der Waals surface area contributed by atoms with Crippen molar-refractivity contribution < 1.29 is 4.74 Å². The van der Waals surface area contributed by atoms with E-state index in [2.05, 4.69) is 31.2 Å². The lowest BCUT2D eigenvalue weighted by Crippen LogP contribution is -1.91. The van der Waals surface area contributed by atoms with Gasteiger partial charge in [-0.3, -0.25) is 0 Å². The van der Waals surface area contributed by atoms with Crippen LogP contribution in [0.25, 0.3) is 0 Å². The Balaban J connectivity index is 0.00000121. The molecule has 1 aromatic rings. The summed E-state index contributed by atoms with van der Waals surface area (Å²) in [6, 6.07) is 8.49. The average Bonchev–Trinajstić information content (AvgIpc) is 2.39. The van der Waals surface area contributed by atoms with Crippen molar-refractivity contribution >= 4 is 0 Å². The highest BCUT2D eigenvalue weighted by molar-refractivity contribution is 5.27. The van der Waals surface area contributed by atoms with Crippen LogP contribution in [0.15, 0.2) is 24.3 Å². The van der Waals surface area contributed by atoms with Crippen molar-refractivity contribution in [2.45, 2.75) is 59.8 Å². The molecule has 0 aliphatic rings. The lowest BCUT2D eigenvalue weighted by atomic mass is 10.1. The van der Waals surface area contributed by atoms with Gasteiger partial charge in [-0.15, -0.1) is 0 Å². The van der Waals surface area contributed by atoms with Crippen LogP contribution >= 0.6 is 0 Å². The van der Waals surface area contributed by atoms with Gasteiger partial charge in [0.05, 0.1) is 6.61 Å². The monoisotopic (exact) mass is 236 g/mol. The third-order valence-corrected chi connectivity index (χ3v) is 2.55. The van der Waals surface area contributed by atoms with E-state index in [1.807, 2.05) is 20.8 Å². The molecule has 0 heterocycles. The van der Waals surface area contributed by atoms with Crippen LogP contribution in [-0.2, 0) is 6.42 Å². The van der Waals surface area contributed by atoms with Crippen LogP contribution in [0.2, 0.25) is 0 Å². The minimum Gasteiger partial charge on any atom is -0.494 e. The van der Waals surface area contributed by atoms with E-state index in [1.165, 1.54) is 37.7 Å². The van der Waals surface area contributed by atoms with Gasteiger partial charge in [0.1, 0.15) is 5.75 Å². The summed E-state index contributed by atoms with van der Waals surface area (Å²) in [6.45, 7) is 9.01. The lowest BCUT2D eigenvalue weighted by Gasteiger charge is -2.04. The number of aryl methyl sites for hydroxylation is 1. The molecule has 0 saturated carbocycles. The Morgan fingerprint density at radius 3 is 2.06 bits per heavy atom. The first-order valence-corrected chi connectivity index (χ1v) is 7.08. The zero-order valence-corrected chi connectivity index (χ0v) is 12.0. The lowest BCUT2D eigenvalue weighted by molar-refractivity contribution is 0.340. The Morgan fingerprint density at radius 1 is 0.882 bits per heavy atom. The Kier molecular flexibility index (Phi) is 10.8. The SMILES string of the molecule is CC.CCCCCCc1ccc(OCC)cc1. The van der Waals surface area contributed by atoms with E-state index in [-0.39, 0.29) is 0 Å². The Hall–Kier alpha value is -0.980. The predicted molar refractivity (Wildman–Crippen MR) is 76.8 cm³/mol. The van der Waals surface area contributed by atoms with Crippen molar-refractivity contribution in [2.75, 3.05) is 6.61 Å². The molecule has 0 aromatic heterocycles. The summed E-state index contributed by atoms with van der Waals surface area (Å²) >= 11 is 0. The third-order valence-electron chi connectivity index (χ3n) is 2.55. The largest absolute Gasteiger partial charge is 0.494 e. The summed E-state index contributed by atoms with van der Waals surface area (Å²) < 4.78 is 5.40. The van der Waals surface area contributed by atoms with E-state index in [1.54, 1.807) is 0 Å². The van der Waals surface area contributed by atoms with Gasteiger partial charge in [-0.2, -0.15) is 0 Å². The van der Waals surface area contributed by atoms with E-state index in [0.717, 1.165) is 12.4 Å². The maximum absolute atomic E-state index is 5.40. The number of unbranched alkanes of at least 4 members (excludes halogenated alkanes) is 3. The summed E-state index contributed by atoms with van der Waals surface area (Å²) in [5, 5.41) is 0. The third kappa shape index (κ3) is 7.84. The molecule has 0 radical (unpaired) electrons. The topological polar surface area (TPSA) is 9.23 Å². The minimum absolute atomic E-state index is 0.746. The standard InChI is InChI=1S/C14H22O.C2H6/c1-3-5-6-7-8-13-9-11-14(12-10-13)15-4-2;1-2/h9-12H,3-8H2,1-2H3;1-2H3. The van der Waals surface area contributed by atoms with Gasteiger partial charge >= 0.3 is 0 Å². The molecule has 17 heavy (non-hydrogen) atoms. The van der Waals surface area contributed by atoms with E-state index >= 15 is 0 Å². The fraction of sp³-hybridized carbons (Fsp3) is 0.625. The first-order valence-electron chi connectivity index (χ1n) is 7.08. The van der Waals surface area contributed by atoms with Crippen LogP contribution in [-0.4, -0.2) is 6.61 Å². The van der Waals surface area contributed by atoms with Crippen LogP contribution in [0.5, 0.6) is 5.75 Å². The van der Waals surface area contributed by atoms with Crippen LogP contribution in [0.1, 0.15) is 58.9 Å². The Bertz CT molecular complexity index is 251. The number of rotatable bonds is 7. The Labute approximate surface area is 107 Å². The molecule has 0 aliphatic carbocycles. The summed E-state index contributed by atoms with van der Waals surface area (Å²) in [6.07, 6.45) is 6.53. The molecule has 0 amide bonds. The normalized spacial score (nSPS) is 9.41. The molecule has 0 spiro atoms. The maximum atomic E-state index is 5.40. The highest BCUT2D eigenvalue weighted by Gasteiger charge is 1.95. The number of hydrogen-bond acceptors (Lipinski definition) is 1. The van der Waals surface area contributed by atoms with E-state index in [0.29, 0.717) is 0 Å². The van der Waals surface area contributed by atoms with Crippen molar-refractivity contribution in [3.63, 3.8) is 0 Å². The van der Waals surface area contributed by atoms with Gasteiger partial charge in [0.25, 0.3) is 0 Å². The molecule has 0 N–H and O–H groups in total. The zero-order chi connectivity index (χ0) is 12.9. The average molecular weight is 236 g/mol. The van der Waals surface area contributed by atoms with Gasteiger partial charge in [-0.05, 0) is 37.5 Å². The maximum Gasteiger partial charge on any atom is 0.119 e. The summed E-state index contributed by atoms with van der Waals surface area (Å²) in [4.78, 5) is 0. The second kappa shape index (κ2) is 11.5. The molecule has 0 fully saturated rings. The smallest absolute Gasteiger partial charge is 0.119 e. The quantitative estimate of drug-likeness (QED) is 0.589. The molecule has 0 unspecified atom stereocenters. The van der Waals surface area contributed by atoms with Gasteiger partial charge in [0.15, 0.2) is 0 Å². The summed E-state index contributed by atoms with van der Waals surface area (Å²) in [5.74, 6) is 0.981. The van der Waals surface area contributed by atoms with Crippen LogP contribution in [0.4, 0.5) is 0 Å². The highest BCUT2D eigenvalue weighted by Crippen LogP contribution is 2.14. The molecule has 1 nitrogen and oxygen atoms in total. The molecule has 1 heteroatoms. The first-order chi connectivity index (χ1) is 8.36. The zero-order valence-electron chi connectivity index (χ0n) is 12.0. The summed E-state index contributed by atoms with van der Waals surface area (Å²) in [7, 11) is 0. The van der Waals surface area contributed by atoms with E-state index < -0.39 is 0 Å². The van der Waals surface area contributed by atoms with E-state index in [9.17, 15) is 0 Å². The number of ether oxygens (including phenoxy) is 1. The van der Waals surface area contributed by atoms with Crippen molar-refractivity contribution in [1.29, 1.82) is 0 Å². The minimum atomic E-state index is 0.746. The molecule has 1 rings (SSSR count). The summed E-state index contributed by atoms with van der Waals surface area (Å²) in [5.41, 5.74) is 1.43. The molecule has 0 aliphatic heterocycles. The number of benzene rings is 1. The van der Waals surface area contributed by atoms with Crippen molar-refractivity contribution in [1.82, 2.24) is 0 Å². The highest BCUT2D eigenvalue weighted by atomic mass is 16.5. The van der Waals surface area contributed by atoms with Crippen molar-refractivity contribution in [3.05, 3.63) is 29.8 Å². The van der Waals surface area contributed by atoms with Gasteiger partial charge in [-0.25, -0.2) is 0 Å². The molecule has 0 bridgehead atoms. The molecule has 1 aromatic carbocycles. The molecular formula is C16H28O. The van der Waals surface area contributed by atoms with Gasteiger partial charge in [-0.1, -0.05) is 52.2 Å².